The number of hydrogen-bond donors (Lipinski definition) is 1. The third kappa shape index (κ3) is 2.67. The molecule has 0 spiro atoms. The Morgan fingerprint density at radius 3 is 3.12 bits per heavy atom. The summed E-state index contributed by atoms with van der Waals surface area (Å²) in [7, 11) is 0. The molecule has 2 aliphatic heterocycles. The van der Waals surface area contributed by atoms with E-state index in [0.717, 1.165) is 31.2 Å². The molecule has 3 heteroatoms. The molecule has 3 nitrogen and oxygen atoms in total. The molecule has 3 fully saturated rings. The van der Waals surface area contributed by atoms with Gasteiger partial charge in [0.1, 0.15) is 0 Å². The van der Waals surface area contributed by atoms with E-state index in [1.165, 1.54) is 45.2 Å². The highest BCUT2D eigenvalue weighted by Gasteiger charge is 2.37. The molecule has 1 aliphatic carbocycles. The second-order valence-electron chi connectivity index (χ2n) is 6.18. The first kappa shape index (κ1) is 11.9. The largest absolute Gasteiger partial charge is 0.375 e. The highest BCUT2D eigenvalue weighted by Crippen LogP contribution is 2.30. The monoisotopic (exact) mass is 238 g/mol. The van der Waals surface area contributed by atoms with Gasteiger partial charge in [-0.15, -0.1) is 0 Å². The van der Waals surface area contributed by atoms with Crippen molar-refractivity contribution >= 4 is 0 Å². The Balaban J connectivity index is 1.56. The second-order valence-corrected chi connectivity index (χ2v) is 6.18. The number of rotatable bonds is 2. The van der Waals surface area contributed by atoms with E-state index in [1.807, 2.05) is 0 Å². The Hall–Kier alpha value is -0.120. The van der Waals surface area contributed by atoms with Crippen LogP contribution in [0.1, 0.15) is 39.0 Å². The average molecular weight is 238 g/mol. The molecule has 4 unspecified atom stereocenters. The van der Waals surface area contributed by atoms with Crippen molar-refractivity contribution < 1.29 is 4.74 Å². The van der Waals surface area contributed by atoms with Gasteiger partial charge in [0.25, 0.3) is 0 Å². The van der Waals surface area contributed by atoms with Crippen LogP contribution in [0.2, 0.25) is 0 Å². The van der Waals surface area contributed by atoms with Crippen molar-refractivity contribution in [3.63, 3.8) is 0 Å². The highest BCUT2D eigenvalue weighted by atomic mass is 16.5. The van der Waals surface area contributed by atoms with Crippen molar-refractivity contribution in [2.45, 2.75) is 57.2 Å². The van der Waals surface area contributed by atoms with E-state index >= 15 is 0 Å². The fraction of sp³-hybridized carbons (Fsp3) is 1.00. The smallest absolute Gasteiger partial charge is 0.0730 e. The minimum atomic E-state index is 0.546. The molecule has 1 saturated carbocycles. The summed E-state index contributed by atoms with van der Waals surface area (Å²) in [6.45, 7) is 6.95. The van der Waals surface area contributed by atoms with Crippen LogP contribution in [0.5, 0.6) is 0 Å². The van der Waals surface area contributed by atoms with Crippen molar-refractivity contribution in [3.05, 3.63) is 0 Å². The summed E-state index contributed by atoms with van der Waals surface area (Å²) >= 11 is 0. The highest BCUT2D eigenvalue weighted by molar-refractivity contribution is 4.91. The van der Waals surface area contributed by atoms with E-state index in [-0.39, 0.29) is 0 Å². The number of nitrogens with one attached hydrogen (secondary N) is 1. The van der Waals surface area contributed by atoms with Gasteiger partial charge >= 0.3 is 0 Å². The zero-order valence-corrected chi connectivity index (χ0v) is 11.0. The zero-order chi connectivity index (χ0) is 11.7. The van der Waals surface area contributed by atoms with E-state index < -0.39 is 0 Å². The summed E-state index contributed by atoms with van der Waals surface area (Å²) in [5.74, 6) is 0.904. The van der Waals surface area contributed by atoms with Gasteiger partial charge in [-0.3, -0.25) is 4.90 Å². The number of ether oxygens (including phenoxy) is 1. The lowest BCUT2D eigenvalue weighted by Gasteiger charge is -2.41. The Labute approximate surface area is 105 Å². The maximum absolute atomic E-state index is 5.88. The number of nitrogens with zero attached hydrogens (tertiary/aromatic N) is 1. The fourth-order valence-electron chi connectivity index (χ4n) is 3.88. The minimum Gasteiger partial charge on any atom is -0.375 e. The van der Waals surface area contributed by atoms with E-state index in [4.69, 9.17) is 4.74 Å². The number of morpholine rings is 1. The van der Waals surface area contributed by atoms with Crippen LogP contribution in [0.25, 0.3) is 0 Å². The average Bonchev–Trinajstić information content (AvgIpc) is 2.78. The molecule has 3 rings (SSSR count). The molecule has 17 heavy (non-hydrogen) atoms. The third-order valence-corrected chi connectivity index (χ3v) is 4.81. The van der Waals surface area contributed by atoms with Crippen LogP contribution in [0, 0.1) is 5.92 Å². The van der Waals surface area contributed by atoms with Gasteiger partial charge in [-0.1, -0.05) is 6.92 Å². The minimum absolute atomic E-state index is 0.546. The molecule has 2 heterocycles. The number of fused-ring (bicyclic) bond motifs is 1. The normalized spacial score (nSPS) is 43.6. The molecule has 0 radical (unpaired) electrons. The summed E-state index contributed by atoms with van der Waals surface area (Å²) < 4.78 is 5.88. The SMILES string of the molecule is CC1CCNC(CN2CCOC3CCCC32)C1. The molecule has 2 saturated heterocycles. The quantitative estimate of drug-likeness (QED) is 0.791. The summed E-state index contributed by atoms with van der Waals surface area (Å²) in [6, 6.07) is 1.45. The van der Waals surface area contributed by atoms with Crippen molar-refractivity contribution in [1.29, 1.82) is 0 Å². The molecule has 0 amide bonds. The molecule has 0 bridgehead atoms. The van der Waals surface area contributed by atoms with Gasteiger partial charge in [-0.2, -0.15) is 0 Å². The van der Waals surface area contributed by atoms with Crippen LogP contribution in [0.4, 0.5) is 0 Å². The molecule has 0 aromatic carbocycles. The lowest BCUT2D eigenvalue weighted by atomic mass is 9.93. The Morgan fingerprint density at radius 2 is 2.24 bits per heavy atom. The van der Waals surface area contributed by atoms with Gasteiger partial charge in [0, 0.05) is 25.2 Å². The van der Waals surface area contributed by atoms with Gasteiger partial charge in [-0.25, -0.2) is 0 Å². The zero-order valence-electron chi connectivity index (χ0n) is 11.0. The first-order valence-electron chi connectivity index (χ1n) is 7.42. The molecule has 0 aromatic heterocycles. The topological polar surface area (TPSA) is 24.5 Å². The Morgan fingerprint density at radius 1 is 1.29 bits per heavy atom. The second kappa shape index (κ2) is 5.25. The predicted octanol–water partition coefficient (Wildman–Crippen LogP) is 1.63. The summed E-state index contributed by atoms with van der Waals surface area (Å²) in [4.78, 5) is 2.71. The van der Waals surface area contributed by atoms with Gasteiger partial charge in [0.15, 0.2) is 0 Å². The van der Waals surface area contributed by atoms with E-state index in [2.05, 4.69) is 17.1 Å². The summed E-state index contributed by atoms with van der Waals surface area (Å²) in [5, 5.41) is 3.69. The van der Waals surface area contributed by atoms with Crippen LogP contribution >= 0.6 is 0 Å². The van der Waals surface area contributed by atoms with Crippen molar-refractivity contribution in [3.8, 4) is 0 Å². The maximum atomic E-state index is 5.88. The van der Waals surface area contributed by atoms with Crippen LogP contribution in [-0.2, 0) is 4.74 Å². The van der Waals surface area contributed by atoms with Gasteiger partial charge in [0.05, 0.1) is 12.7 Å². The fourth-order valence-corrected chi connectivity index (χ4v) is 3.88. The molecular weight excluding hydrogens is 212 g/mol. The third-order valence-electron chi connectivity index (χ3n) is 4.81. The van der Waals surface area contributed by atoms with Crippen LogP contribution in [0.3, 0.4) is 0 Å². The van der Waals surface area contributed by atoms with Crippen molar-refractivity contribution in [1.82, 2.24) is 10.2 Å². The first-order chi connectivity index (χ1) is 8.33. The van der Waals surface area contributed by atoms with Crippen LogP contribution in [-0.4, -0.2) is 49.3 Å². The van der Waals surface area contributed by atoms with E-state index in [0.29, 0.717) is 6.10 Å². The van der Waals surface area contributed by atoms with Gasteiger partial charge in [-0.05, 0) is 44.6 Å². The molecule has 98 valence electrons. The lowest BCUT2D eigenvalue weighted by Crippen LogP contribution is -2.54. The maximum Gasteiger partial charge on any atom is 0.0730 e. The van der Waals surface area contributed by atoms with Crippen LogP contribution < -0.4 is 5.32 Å². The summed E-state index contributed by atoms with van der Waals surface area (Å²) in [5.41, 5.74) is 0. The molecule has 4 atom stereocenters. The molecule has 0 aromatic rings. The summed E-state index contributed by atoms with van der Waals surface area (Å²) in [6.07, 6.45) is 7.26. The van der Waals surface area contributed by atoms with Gasteiger partial charge in [0.2, 0.25) is 0 Å². The Kier molecular flexibility index (Phi) is 3.69. The van der Waals surface area contributed by atoms with Gasteiger partial charge < -0.3 is 10.1 Å². The standard InChI is InChI=1S/C14H26N2O/c1-11-5-6-15-12(9-11)10-16-7-8-17-14-4-2-3-13(14)16/h11-15H,2-10H2,1H3. The number of piperidine rings is 1. The van der Waals surface area contributed by atoms with Crippen molar-refractivity contribution in [2.75, 3.05) is 26.2 Å². The lowest BCUT2D eigenvalue weighted by molar-refractivity contribution is -0.0593. The molecular formula is C14H26N2O. The molecule has 1 N–H and O–H groups in total. The van der Waals surface area contributed by atoms with Crippen molar-refractivity contribution in [2.24, 2.45) is 5.92 Å². The molecule has 3 aliphatic rings. The predicted molar refractivity (Wildman–Crippen MR) is 69.1 cm³/mol. The van der Waals surface area contributed by atoms with E-state index in [1.54, 1.807) is 0 Å². The first-order valence-corrected chi connectivity index (χ1v) is 7.42. The van der Waals surface area contributed by atoms with E-state index in [9.17, 15) is 0 Å². The number of hydrogen-bond acceptors (Lipinski definition) is 3. The van der Waals surface area contributed by atoms with Crippen LogP contribution in [0.15, 0.2) is 0 Å². The Bertz CT molecular complexity index is 259.